The Hall–Kier alpha value is -2.76. The first-order valence-electron chi connectivity index (χ1n) is 9.63. The Kier molecular flexibility index (Phi) is 7.26. The molecule has 0 atom stereocenters. The quantitative estimate of drug-likeness (QED) is 0.732. The molecule has 0 bridgehead atoms. The molecule has 2 aromatic rings. The number of nitrogens with zero attached hydrogens (tertiary/aromatic N) is 2. The maximum atomic E-state index is 12.9. The zero-order chi connectivity index (χ0) is 20.8. The van der Waals surface area contributed by atoms with E-state index >= 15 is 0 Å². The molecule has 0 fully saturated rings. The van der Waals surface area contributed by atoms with Crippen LogP contribution in [0, 0.1) is 5.92 Å². The van der Waals surface area contributed by atoms with Gasteiger partial charge in [-0.15, -0.1) is 0 Å². The summed E-state index contributed by atoms with van der Waals surface area (Å²) in [7, 11) is 3.92. The second-order valence-corrected chi connectivity index (χ2v) is 7.89. The molecule has 0 aliphatic carbocycles. The average molecular weight is 386 g/mol. The molecular formula is C22H31N3O3. The van der Waals surface area contributed by atoms with Gasteiger partial charge in [0.25, 0.3) is 5.91 Å². The standard InChI is InChI=1S/C22H31N3O3/c1-15(2)12-21(26)23-18-9-10-19(24(5)6)17(13-18)14-25(16(3)4)22(27)20-8-7-11-28-20/h7-11,13,15-16H,12,14H2,1-6H3,(H,23,26). The fourth-order valence-electron chi connectivity index (χ4n) is 3.02. The zero-order valence-electron chi connectivity index (χ0n) is 17.7. The number of nitrogens with one attached hydrogen (secondary N) is 1. The number of amides is 2. The minimum Gasteiger partial charge on any atom is -0.459 e. The van der Waals surface area contributed by atoms with E-state index < -0.39 is 0 Å². The fourth-order valence-corrected chi connectivity index (χ4v) is 3.02. The molecular weight excluding hydrogens is 354 g/mol. The van der Waals surface area contributed by atoms with Gasteiger partial charge in [0.2, 0.25) is 5.91 Å². The molecule has 0 spiro atoms. The molecule has 0 saturated carbocycles. The van der Waals surface area contributed by atoms with E-state index in [0.29, 0.717) is 24.6 Å². The van der Waals surface area contributed by atoms with Gasteiger partial charge in [-0.3, -0.25) is 9.59 Å². The number of hydrogen-bond donors (Lipinski definition) is 1. The first-order valence-corrected chi connectivity index (χ1v) is 9.63. The van der Waals surface area contributed by atoms with Crippen molar-refractivity contribution in [3.63, 3.8) is 0 Å². The third kappa shape index (κ3) is 5.62. The van der Waals surface area contributed by atoms with E-state index in [4.69, 9.17) is 4.42 Å². The number of anilines is 2. The molecule has 152 valence electrons. The number of furan rings is 1. The van der Waals surface area contributed by atoms with E-state index in [1.807, 2.05) is 64.9 Å². The van der Waals surface area contributed by atoms with Crippen molar-refractivity contribution in [1.82, 2.24) is 4.90 Å². The molecule has 0 saturated heterocycles. The van der Waals surface area contributed by atoms with Crippen LogP contribution in [0.2, 0.25) is 0 Å². The molecule has 0 aliphatic rings. The summed E-state index contributed by atoms with van der Waals surface area (Å²) >= 11 is 0. The summed E-state index contributed by atoms with van der Waals surface area (Å²) in [6.07, 6.45) is 1.97. The lowest BCUT2D eigenvalue weighted by atomic mass is 10.1. The van der Waals surface area contributed by atoms with Crippen LogP contribution in [0.4, 0.5) is 11.4 Å². The third-order valence-electron chi connectivity index (χ3n) is 4.40. The SMILES string of the molecule is CC(C)CC(=O)Nc1ccc(N(C)C)c(CN(C(=O)c2ccco2)C(C)C)c1. The Balaban J connectivity index is 2.30. The highest BCUT2D eigenvalue weighted by atomic mass is 16.3. The van der Waals surface area contributed by atoms with Crippen molar-refractivity contribution < 1.29 is 14.0 Å². The molecule has 6 nitrogen and oxygen atoms in total. The van der Waals surface area contributed by atoms with Crippen LogP contribution in [0.15, 0.2) is 41.0 Å². The van der Waals surface area contributed by atoms with E-state index in [-0.39, 0.29) is 17.9 Å². The zero-order valence-corrected chi connectivity index (χ0v) is 17.7. The van der Waals surface area contributed by atoms with Crippen molar-refractivity contribution in [3.8, 4) is 0 Å². The minimum atomic E-state index is -0.154. The van der Waals surface area contributed by atoms with Gasteiger partial charge < -0.3 is 19.5 Å². The maximum Gasteiger partial charge on any atom is 0.290 e. The second-order valence-electron chi connectivity index (χ2n) is 7.89. The van der Waals surface area contributed by atoms with Gasteiger partial charge in [0.1, 0.15) is 0 Å². The van der Waals surface area contributed by atoms with Crippen molar-refractivity contribution in [2.24, 2.45) is 5.92 Å². The normalized spacial score (nSPS) is 11.0. The molecule has 1 aromatic heterocycles. The Bertz CT molecular complexity index is 795. The lowest BCUT2D eigenvalue weighted by Gasteiger charge is -2.28. The van der Waals surface area contributed by atoms with Gasteiger partial charge in [-0.2, -0.15) is 0 Å². The molecule has 0 aliphatic heterocycles. The Morgan fingerprint density at radius 2 is 1.82 bits per heavy atom. The molecule has 6 heteroatoms. The number of carbonyl (C=O) groups is 2. The van der Waals surface area contributed by atoms with Crippen LogP contribution < -0.4 is 10.2 Å². The van der Waals surface area contributed by atoms with Crippen LogP contribution in [0.5, 0.6) is 0 Å². The van der Waals surface area contributed by atoms with E-state index in [2.05, 4.69) is 5.32 Å². The van der Waals surface area contributed by atoms with Gasteiger partial charge in [-0.25, -0.2) is 0 Å². The fraction of sp³-hybridized carbons (Fsp3) is 0.455. The number of carbonyl (C=O) groups excluding carboxylic acids is 2. The minimum absolute atomic E-state index is 0.00759. The lowest BCUT2D eigenvalue weighted by molar-refractivity contribution is -0.116. The van der Waals surface area contributed by atoms with Crippen molar-refractivity contribution >= 4 is 23.2 Å². The molecule has 2 rings (SSSR count). The van der Waals surface area contributed by atoms with Crippen molar-refractivity contribution in [2.75, 3.05) is 24.3 Å². The van der Waals surface area contributed by atoms with Gasteiger partial charge in [0, 0.05) is 44.5 Å². The molecule has 28 heavy (non-hydrogen) atoms. The summed E-state index contributed by atoms with van der Waals surface area (Å²) in [6.45, 7) is 8.40. The number of hydrogen-bond acceptors (Lipinski definition) is 4. The molecule has 0 unspecified atom stereocenters. The summed E-state index contributed by atoms with van der Waals surface area (Å²) in [5.74, 6) is 0.453. The van der Waals surface area contributed by atoms with E-state index in [9.17, 15) is 9.59 Å². The highest BCUT2D eigenvalue weighted by molar-refractivity contribution is 5.92. The predicted molar refractivity (Wildman–Crippen MR) is 113 cm³/mol. The van der Waals surface area contributed by atoms with Crippen LogP contribution >= 0.6 is 0 Å². The van der Waals surface area contributed by atoms with E-state index in [1.54, 1.807) is 17.0 Å². The highest BCUT2D eigenvalue weighted by Crippen LogP contribution is 2.26. The molecule has 1 N–H and O–H groups in total. The van der Waals surface area contributed by atoms with Crippen LogP contribution in [-0.2, 0) is 11.3 Å². The van der Waals surface area contributed by atoms with Gasteiger partial charge in [0.05, 0.1) is 6.26 Å². The van der Waals surface area contributed by atoms with Gasteiger partial charge in [0.15, 0.2) is 5.76 Å². The lowest BCUT2D eigenvalue weighted by Crippen LogP contribution is -2.36. The number of rotatable bonds is 8. The highest BCUT2D eigenvalue weighted by Gasteiger charge is 2.23. The van der Waals surface area contributed by atoms with Gasteiger partial charge in [-0.05, 0) is 55.7 Å². The van der Waals surface area contributed by atoms with Crippen LogP contribution in [0.25, 0.3) is 0 Å². The predicted octanol–water partition coefficient (Wildman–Crippen LogP) is 4.38. The molecule has 1 aromatic carbocycles. The van der Waals surface area contributed by atoms with E-state index in [0.717, 1.165) is 16.9 Å². The summed E-state index contributed by atoms with van der Waals surface area (Å²) in [5, 5.41) is 2.96. The third-order valence-corrected chi connectivity index (χ3v) is 4.40. The van der Waals surface area contributed by atoms with Crippen LogP contribution in [-0.4, -0.2) is 36.9 Å². The van der Waals surface area contributed by atoms with Crippen molar-refractivity contribution in [2.45, 2.75) is 46.7 Å². The number of benzene rings is 1. The molecule has 1 heterocycles. The summed E-state index contributed by atoms with van der Waals surface area (Å²) < 4.78 is 5.30. The summed E-state index contributed by atoms with van der Waals surface area (Å²) in [6, 6.07) is 9.18. The first-order chi connectivity index (χ1) is 13.2. The summed E-state index contributed by atoms with van der Waals surface area (Å²) in [5.41, 5.74) is 2.70. The molecule has 2 amide bonds. The first kappa shape index (κ1) is 21.5. The summed E-state index contributed by atoms with van der Waals surface area (Å²) in [4.78, 5) is 28.8. The van der Waals surface area contributed by atoms with Gasteiger partial charge in [-0.1, -0.05) is 13.8 Å². The second kappa shape index (κ2) is 9.44. The largest absolute Gasteiger partial charge is 0.459 e. The van der Waals surface area contributed by atoms with E-state index in [1.165, 1.54) is 6.26 Å². The maximum absolute atomic E-state index is 12.9. The molecule has 0 radical (unpaired) electrons. The smallest absolute Gasteiger partial charge is 0.290 e. The Morgan fingerprint density at radius 3 is 2.36 bits per heavy atom. The Morgan fingerprint density at radius 1 is 1.11 bits per heavy atom. The van der Waals surface area contributed by atoms with Gasteiger partial charge >= 0.3 is 0 Å². The topological polar surface area (TPSA) is 65.8 Å². The average Bonchev–Trinajstić information content (AvgIpc) is 3.12. The Labute approximate surface area is 167 Å². The van der Waals surface area contributed by atoms with Crippen molar-refractivity contribution in [1.29, 1.82) is 0 Å². The van der Waals surface area contributed by atoms with Crippen molar-refractivity contribution in [3.05, 3.63) is 47.9 Å². The van der Waals surface area contributed by atoms with Crippen LogP contribution in [0.1, 0.15) is 50.2 Å². The monoisotopic (exact) mass is 385 g/mol. The van der Waals surface area contributed by atoms with Crippen LogP contribution in [0.3, 0.4) is 0 Å².